The van der Waals surface area contributed by atoms with Crippen LogP contribution in [-0.4, -0.2) is 25.1 Å². The van der Waals surface area contributed by atoms with Crippen LogP contribution in [0.3, 0.4) is 0 Å². The topological polar surface area (TPSA) is 41.6 Å². The van der Waals surface area contributed by atoms with Crippen LogP contribution in [0, 0.1) is 5.82 Å². The molecular formula is C24H31FN2O2. The number of halogens is 1. The zero-order valence-electron chi connectivity index (χ0n) is 17.7. The minimum atomic E-state index is -0.224. The molecule has 1 saturated heterocycles. The molecule has 3 rings (SSSR count). The highest BCUT2D eigenvalue weighted by Crippen LogP contribution is 2.33. The normalized spacial score (nSPS) is 16.0. The van der Waals surface area contributed by atoms with Gasteiger partial charge in [-0.1, -0.05) is 24.3 Å². The van der Waals surface area contributed by atoms with Gasteiger partial charge in [-0.3, -0.25) is 4.79 Å². The van der Waals surface area contributed by atoms with Crippen molar-refractivity contribution in [3.63, 3.8) is 0 Å². The summed E-state index contributed by atoms with van der Waals surface area (Å²) < 4.78 is 20.1. The Bertz CT molecular complexity index is 827. The summed E-state index contributed by atoms with van der Waals surface area (Å²) in [5, 5.41) is 2.91. The number of carbonyl (C=O) groups excluding carboxylic acids is 1. The SMILES string of the molecule is CC(=O)N[C@@H](C)c1ccc(C2CCN(c3ccc(OC(C)C)cc3F)CC2)cc1. The van der Waals surface area contributed by atoms with Crippen LogP contribution >= 0.6 is 0 Å². The Hall–Kier alpha value is -2.56. The third-order valence-corrected chi connectivity index (χ3v) is 5.45. The van der Waals surface area contributed by atoms with E-state index in [-0.39, 0.29) is 23.9 Å². The molecule has 5 heteroatoms. The highest BCUT2D eigenvalue weighted by atomic mass is 19.1. The number of amides is 1. The van der Waals surface area contributed by atoms with Crippen LogP contribution < -0.4 is 15.0 Å². The van der Waals surface area contributed by atoms with E-state index in [0.29, 0.717) is 17.4 Å². The molecule has 0 spiro atoms. The van der Waals surface area contributed by atoms with Gasteiger partial charge in [0, 0.05) is 26.1 Å². The van der Waals surface area contributed by atoms with Gasteiger partial charge in [0.2, 0.25) is 5.91 Å². The molecule has 1 N–H and O–H groups in total. The van der Waals surface area contributed by atoms with Gasteiger partial charge < -0.3 is 15.0 Å². The molecule has 0 aromatic heterocycles. The van der Waals surface area contributed by atoms with Gasteiger partial charge in [0.1, 0.15) is 11.6 Å². The lowest BCUT2D eigenvalue weighted by Crippen LogP contribution is -2.33. The number of nitrogens with one attached hydrogen (secondary N) is 1. The Balaban J connectivity index is 1.60. The van der Waals surface area contributed by atoms with Gasteiger partial charge in [-0.15, -0.1) is 0 Å². The van der Waals surface area contributed by atoms with E-state index in [1.165, 1.54) is 18.6 Å². The van der Waals surface area contributed by atoms with E-state index < -0.39 is 0 Å². The molecule has 1 aliphatic heterocycles. The van der Waals surface area contributed by atoms with E-state index in [1.807, 2.05) is 32.9 Å². The van der Waals surface area contributed by atoms with Crippen molar-refractivity contribution in [2.75, 3.05) is 18.0 Å². The fourth-order valence-electron chi connectivity index (χ4n) is 3.99. The van der Waals surface area contributed by atoms with E-state index >= 15 is 0 Å². The van der Waals surface area contributed by atoms with Crippen LogP contribution in [0.15, 0.2) is 42.5 Å². The van der Waals surface area contributed by atoms with E-state index in [9.17, 15) is 9.18 Å². The molecule has 29 heavy (non-hydrogen) atoms. The van der Waals surface area contributed by atoms with Crippen molar-refractivity contribution >= 4 is 11.6 Å². The maximum absolute atomic E-state index is 14.6. The van der Waals surface area contributed by atoms with Crippen molar-refractivity contribution in [3.05, 3.63) is 59.4 Å². The van der Waals surface area contributed by atoms with E-state index in [4.69, 9.17) is 4.74 Å². The highest BCUT2D eigenvalue weighted by molar-refractivity contribution is 5.73. The Morgan fingerprint density at radius 2 is 1.76 bits per heavy atom. The lowest BCUT2D eigenvalue weighted by atomic mass is 9.88. The van der Waals surface area contributed by atoms with Crippen molar-refractivity contribution in [1.82, 2.24) is 5.32 Å². The Kier molecular flexibility index (Phi) is 6.78. The van der Waals surface area contributed by atoms with Crippen LogP contribution in [0.2, 0.25) is 0 Å². The third-order valence-electron chi connectivity index (χ3n) is 5.45. The number of benzene rings is 2. The molecule has 1 heterocycles. The first-order chi connectivity index (χ1) is 13.8. The molecule has 0 saturated carbocycles. The first-order valence-corrected chi connectivity index (χ1v) is 10.4. The minimum absolute atomic E-state index is 0.00835. The Labute approximate surface area is 173 Å². The van der Waals surface area contributed by atoms with Gasteiger partial charge >= 0.3 is 0 Å². The second-order valence-electron chi connectivity index (χ2n) is 8.13. The number of anilines is 1. The van der Waals surface area contributed by atoms with Gasteiger partial charge in [0.15, 0.2) is 0 Å². The summed E-state index contributed by atoms with van der Waals surface area (Å²) in [4.78, 5) is 13.4. The number of piperidine rings is 1. The van der Waals surface area contributed by atoms with Gasteiger partial charge in [-0.25, -0.2) is 4.39 Å². The maximum atomic E-state index is 14.6. The lowest BCUT2D eigenvalue weighted by Gasteiger charge is -2.34. The second kappa shape index (κ2) is 9.29. The molecule has 1 atom stereocenters. The molecule has 4 nitrogen and oxygen atoms in total. The number of ether oxygens (including phenoxy) is 1. The minimum Gasteiger partial charge on any atom is -0.491 e. The van der Waals surface area contributed by atoms with Crippen LogP contribution in [0.1, 0.15) is 63.6 Å². The van der Waals surface area contributed by atoms with Crippen LogP contribution in [-0.2, 0) is 4.79 Å². The molecule has 2 aromatic carbocycles. The van der Waals surface area contributed by atoms with E-state index in [2.05, 4.69) is 34.5 Å². The second-order valence-corrected chi connectivity index (χ2v) is 8.13. The fraction of sp³-hybridized carbons (Fsp3) is 0.458. The smallest absolute Gasteiger partial charge is 0.217 e. The maximum Gasteiger partial charge on any atom is 0.217 e. The zero-order chi connectivity index (χ0) is 21.0. The summed E-state index contributed by atoms with van der Waals surface area (Å²) in [6.45, 7) is 9.05. The van der Waals surface area contributed by atoms with Crippen molar-refractivity contribution in [3.8, 4) is 5.75 Å². The summed E-state index contributed by atoms with van der Waals surface area (Å²) in [5.41, 5.74) is 3.07. The third kappa shape index (κ3) is 5.49. The van der Waals surface area contributed by atoms with Crippen LogP contribution in [0.25, 0.3) is 0 Å². The van der Waals surface area contributed by atoms with E-state index in [0.717, 1.165) is 31.5 Å². The fourth-order valence-corrected chi connectivity index (χ4v) is 3.99. The largest absolute Gasteiger partial charge is 0.491 e. The van der Waals surface area contributed by atoms with Crippen molar-refractivity contribution < 1.29 is 13.9 Å². The Morgan fingerprint density at radius 3 is 2.31 bits per heavy atom. The molecule has 2 aromatic rings. The molecule has 0 bridgehead atoms. The van der Waals surface area contributed by atoms with Crippen molar-refractivity contribution in [2.24, 2.45) is 0 Å². The summed E-state index contributed by atoms with van der Waals surface area (Å²) in [6.07, 6.45) is 2.01. The van der Waals surface area contributed by atoms with Gasteiger partial charge in [-0.2, -0.15) is 0 Å². The number of hydrogen-bond acceptors (Lipinski definition) is 3. The highest BCUT2D eigenvalue weighted by Gasteiger charge is 2.23. The average Bonchev–Trinajstić information content (AvgIpc) is 2.67. The average molecular weight is 399 g/mol. The standard InChI is InChI=1S/C24H31FN2O2/c1-16(2)29-22-9-10-24(23(25)15-22)27-13-11-21(12-14-27)20-7-5-19(6-8-20)17(3)26-18(4)28/h5-10,15-17,21H,11-14H2,1-4H3,(H,26,28)/t17-/m0/s1. The summed E-state index contributed by atoms with van der Waals surface area (Å²) in [7, 11) is 0. The molecule has 156 valence electrons. The number of hydrogen-bond donors (Lipinski definition) is 1. The summed E-state index contributed by atoms with van der Waals surface area (Å²) in [5.74, 6) is 0.801. The molecular weight excluding hydrogens is 367 g/mol. The van der Waals surface area contributed by atoms with Gasteiger partial charge in [0.25, 0.3) is 0 Å². The quantitative estimate of drug-likeness (QED) is 0.728. The zero-order valence-corrected chi connectivity index (χ0v) is 17.7. The van der Waals surface area contributed by atoms with Crippen molar-refractivity contribution in [1.29, 1.82) is 0 Å². The van der Waals surface area contributed by atoms with Crippen LogP contribution in [0.5, 0.6) is 5.75 Å². The number of nitrogens with zero attached hydrogens (tertiary/aromatic N) is 1. The molecule has 0 unspecified atom stereocenters. The Morgan fingerprint density at radius 1 is 1.10 bits per heavy atom. The number of carbonyl (C=O) groups is 1. The molecule has 0 aliphatic carbocycles. The lowest BCUT2D eigenvalue weighted by molar-refractivity contribution is -0.119. The summed E-state index contributed by atoms with van der Waals surface area (Å²) >= 11 is 0. The molecule has 1 aliphatic rings. The molecule has 1 fully saturated rings. The van der Waals surface area contributed by atoms with Gasteiger partial charge in [-0.05, 0) is 62.8 Å². The van der Waals surface area contributed by atoms with Gasteiger partial charge in [0.05, 0.1) is 17.8 Å². The van der Waals surface area contributed by atoms with Crippen LogP contribution in [0.4, 0.5) is 10.1 Å². The summed E-state index contributed by atoms with van der Waals surface area (Å²) in [6, 6.07) is 13.7. The predicted octanol–water partition coefficient (Wildman–Crippen LogP) is 5.19. The first-order valence-electron chi connectivity index (χ1n) is 10.4. The first kappa shape index (κ1) is 21.2. The molecule has 1 amide bonds. The number of rotatable bonds is 6. The van der Waals surface area contributed by atoms with Crippen molar-refractivity contribution in [2.45, 2.75) is 58.6 Å². The predicted molar refractivity (Wildman–Crippen MR) is 115 cm³/mol. The monoisotopic (exact) mass is 398 g/mol. The molecule has 0 radical (unpaired) electrons. The van der Waals surface area contributed by atoms with E-state index in [1.54, 1.807) is 0 Å².